The molecule has 0 saturated carbocycles. The van der Waals surface area contributed by atoms with Crippen molar-refractivity contribution in [1.82, 2.24) is 0 Å². The van der Waals surface area contributed by atoms with E-state index in [2.05, 4.69) is 13.2 Å². The molecule has 7 nitrogen and oxygen atoms in total. The average molecular weight is 500 g/mol. The van der Waals surface area contributed by atoms with Crippen LogP contribution in [0.4, 0.5) is 0 Å². The molecular weight excluding hydrogens is 479 g/mol. The van der Waals surface area contributed by atoms with Crippen molar-refractivity contribution in [2.75, 3.05) is 0 Å². The number of benzene rings is 4. The van der Waals surface area contributed by atoms with Crippen LogP contribution in [0.25, 0.3) is 10.8 Å². The van der Waals surface area contributed by atoms with Gasteiger partial charge in [-0.05, 0) is 24.3 Å². The largest absolute Gasteiger partial charge is 0.466 e. The van der Waals surface area contributed by atoms with E-state index in [0.29, 0.717) is 10.8 Å². The molecule has 0 saturated heterocycles. The zero-order chi connectivity index (χ0) is 25.5. The highest BCUT2D eigenvalue weighted by molar-refractivity contribution is 7.63. The van der Waals surface area contributed by atoms with Gasteiger partial charge in [0.15, 0.2) is 5.75 Å². The first-order valence-corrected chi connectivity index (χ1v) is 12.3. The number of ether oxygens (including phenoxy) is 2. The molecule has 0 aliphatic carbocycles. The lowest BCUT2D eigenvalue weighted by molar-refractivity contribution is -0.129. The van der Waals surface area contributed by atoms with Crippen molar-refractivity contribution in [1.29, 1.82) is 0 Å². The highest BCUT2D eigenvalue weighted by Crippen LogP contribution is 2.52. The van der Waals surface area contributed by atoms with Crippen molar-refractivity contribution >= 4 is 35.6 Å². The van der Waals surface area contributed by atoms with Gasteiger partial charge < -0.3 is 18.5 Å². The second-order valence-corrected chi connectivity index (χ2v) is 9.17. The number of esters is 2. The summed E-state index contributed by atoms with van der Waals surface area (Å²) >= 11 is 0. The van der Waals surface area contributed by atoms with Crippen LogP contribution in [0.1, 0.15) is 0 Å². The summed E-state index contributed by atoms with van der Waals surface area (Å²) in [7, 11) is -4.33. The number of hydrogen-bond acceptors (Lipinski definition) is 7. The van der Waals surface area contributed by atoms with Gasteiger partial charge in [-0.25, -0.2) is 14.2 Å². The third-order valence-electron chi connectivity index (χ3n) is 4.92. The third kappa shape index (κ3) is 5.37. The van der Waals surface area contributed by atoms with Gasteiger partial charge in [-0.3, -0.25) is 0 Å². The smallest absolute Gasteiger partial charge is 0.423 e. The van der Waals surface area contributed by atoms with E-state index in [0.717, 1.165) is 12.2 Å². The lowest BCUT2D eigenvalue weighted by atomic mass is 10.1. The van der Waals surface area contributed by atoms with Gasteiger partial charge in [0.05, 0.1) is 0 Å². The van der Waals surface area contributed by atoms with Crippen LogP contribution in [0.5, 0.6) is 23.0 Å². The maximum atomic E-state index is 14.6. The zero-order valence-electron chi connectivity index (χ0n) is 19.0. The van der Waals surface area contributed by atoms with Gasteiger partial charge in [0.1, 0.15) is 22.6 Å². The first kappa shape index (κ1) is 24.5. The molecule has 0 bridgehead atoms. The molecule has 4 rings (SSSR count). The van der Waals surface area contributed by atoms with E-state index in [9.17, 15) is 14.2 Å². The van der Waals surface area contributed by atoms with Crippen molar-refractivity contribution in [3.63, 3.8) is 0 Å². The molecular formula is C28H21O7P. The first-order valence-electron chi connectivity index (χ1n) is 10.8. The predicted molar refractivity (Wildman–Crippen MR) is 137 cm³/mol. The van der Waals surface area contributed by atoms with Gasteiger partial charge in [0.2, 0.25) is 0 Å². The number of rotatable bonds is 9. The molecule has 0 fully saturated rings. The van der Waals surface area contributed by atoms with Gasteiger partial charge >= 0.3 is 19.5 Å². The van der Waals surface area contributed by atoms with Crippen LogP contribution in [-0.2, 0) is 14.2 Å². The van der Waals surface area contributed by atoms with Crippen molar-refractivity contribution < 1.29 is 32.7 Å². The average Bonchev–Trinajstić information content (AvgIpc) is 2.90. The number of para-hydroxylation sites is 2. The molecule has 0 aliphatic rings. The van der Waals surface area contributed by atoms with Crippen LogP contribution in [0, 0.1) is 0 Å². The fourth-order valence-electron chi connectivity index (χ4n) is 3.35. The molecule has 36 heavy (non-hydrogen) atoms. The molecule has 0 aromatic heterocycles. The quantitative estimate of drug-likeness (QED) is 0.121. The maximum absolute atomic E-state index is 14.6. The minimum atomic E-state index is -4.33. The fourth-order valence-corrected chi connectivity index (χ4v) is 5.07. The van der Waals surface area contributed by atoms with Crippen LogP contribution in [0.2, 0.25) is 0 Å². The number of carbonyl (C=O) groups excluding carboxylic acids is 2. The van der Waals surface area contributed by atoms with E-state index in [1.165, 1.54) is 6.07 Å². The molecule has 4 aromatic rings. The number of fused-ring (bicyclic) bond motifs is 1. The van der Waals surface area contributed by atoms with Crippen molar-refractivity contribution in [3.05, 3.63) is 116 Å². The Morgan fingerprint density at radius 1 is 0.667 bits per heavy atom. The van der Waals surface area contributed by atoms with Gasteiger partial charge in [-0.15, -0.1) is 0 Å². The van der Waals surface area contributed by atoms with Crippen LogP contribution in [0.15, 0.2) is 116 Å². The molecule has 0 N–H and O–H groups in total. The fraction of sp³-hybridized carbons (Fsp3) is 0. The summed E-state index contributed by atoms with van der Waals surface area (Å²) in [6.45, 7) is 6.87. The van der Waals surface area contributed by atoms with Crippen LogP contribution >= 0.6 is 7.60 Å². The highest BCUT2D eigenvalue weighted by Gasteiger charge is 2.38. The Hall–Kier alpha value is -4.61. The summed E-state index contributed by atoms with van der Waals surface area (Å²) in [5.41, 5.74) is 0. The van der Waals surface area contributed by atoms with Crippen LogP contribution in [-0.4, -0.2) is 11.9 Å². The Kier molecular flexibility index (Phi) is 7.33. The Balaban J connectivity index is 2.01. The highest BCUT2D eigenvalue weighted by atomic mass is 31.2. The standard InChI is InChI=1S/C28H21O7P/c1-3-26(29)32-24-19-25(28(33-27(30)4-2)23-18-12-11-17-22(23)24)36(31,34-20-13-7-5-8-14-20)35-21-15-9-6-10-16-21/h3-19H,1-2H2. The Bertz CT molecular complexity index is 1430. The van der Waals surface area contributed by atoms with Crippen molar-refractivity contribution in [3.8, 4) is 23.0 Å². The summed E-state index contributed by atoms with van der Waals surface area (Å²) in [6, 6.07) is 24.8. The molecule has 0 spiro atoms. The minimum Gasteiger partial charge on any atom is -0.423 e. The maximum Gasteiger partial charge on any atom is 0.466 e. The first-order chi connectivity index (χ1) is 17.4. The predicted octanol–water partition coefficient (Wildman–Crippen LogP) is 6.00. The summed E-state index contributed by atoms with van der Waals surface area (Å²) in [5, 5.41) is 0.635. The van der Waals surface area contributed by atoms with E-state index in [-0.39, 0.29) is 28.3 Å². The summed E-state index contributed by atoms with van der Waals surface area (Å²) in [4.78, 5) is 24.4. The zero-order valence-corrected chi connectivity index (χ0v) is 19.9. The van der Waals surface area contributed by atoms with E-state index in [1.807, 2.05) is 0 Å². The summed E-state index contributed by atoms with van der Waals surface area (Å²) < 4.78 is 37.5. The van der Waals surface area contributed by atoms with Crippen LogP contribution in [0.3, 0.4) is 0 Å². The molecule has 4 aromatic carbocycles. The topological polar surface area (TPSA) is 88.1 Å². The molecule has 0 unspecified atom stereocenters. The van der Waals surface area contributed by atoms with Gasteiger partial charge in [-0.1, -0.05) is 73.8 Å². The molecule has 8 heteroatoms. The number of carbonyl (C=O) groups is 2. The lowest BCUT2D eigenvalue weighted by Crippen LogP contribution is -2.21. The Morgan fingerprint density at radius 3 is 1.67 bits per heavy atom. The van der Waals surface area contributed by atoms with E-state index in [4.69, 9.17) is 18.5 Å². The summed E-state index contributed by atoms with van der Waals surface area (Å²) in [5.74, 6) is -1.06. The van der Waals surface area contributed by atoms with E-state index in [1.54, 1.807) is 84.9 Å². The summed E-state index contributed by atoms with van der Waals surface area (Å²) in [6.07, 6.45) is 1.98. The van der Waals surface area contributed by atoms with Crippen LogP contribution < -0.4 is 23.8 Å². The molecule has 0 aliphatic heterocycles. The second-order valence-electron chi connectivity index (χ2n) is 7.33. The van der Waals surface area contributed by atoms with Gasteiger partial charge in [0.25, 0.3) is 0 Å². The molecule has 0 heterocycles. The molecule has 0 amide bonds. The molecule has 0 atom stereocenters. The monoisotopic (exact) mass is 500 g/mol. The Labute approximate surface area is 207 Å². The van der Waals surface area contributed by atoms with Crippen molar-refractivity contribution in [2.24, 2.45) is 0 Å². The van der Waals surface area contributed by atoms with Crippen molar-refractivity contribution in [2.45, 2.75) is 0 Å². The molecule has 180 valence electrons. The molecule has 0 radical (unpaired) electrons. The van der Waals surface area contributed by atoms with E-state index < -0.39 is 19.5 Å². The Morgan fingerprint density at radius 2 is 1.14 bits per heavy atom. The van der Waals surface area contributed by atoms with Gasteiger partial charge in [0, 0.05) is 29.0 Å². The van der Waals surface area contributed by atoms with E-state index >= 15 is 0 Å². The normalized spacial score (nSPS) is 10.8. The lowest BCUT2D eigenvalue weighted by Gasteiger charge is -2.23. The SMILES string of the molecule is C=CC(=O)Oc1cc(P(=O)(Oc2ccccc2)Oc2ccccc2)c(OC(=O)C=C)c2ccccc12. The third-order valence-corrected chi connectivity index (χ3v) is 6.74. The minimum absolute atomic E-state index is 0.0532. The second kappa shape index (κ2) is 10.8. The van der Waals surface area contributed by atoms with Gasteiger partial charge in [-0.2, -0.15) is 0 Å². The number of hydrogen-bond donors (Lipinski definition) is 0.